The fourth-order valence-electron chi connectivity index (χ4n) is 1.99. The van der Waals surface area contributed by atoms with Crippen molar-refractivity contribution >= 4 is 11.0 Å². The van der Waals surface area contributed by atoms with Crippen molar-refractivity contribution in [2.75, 3.05) is 0 Å². The molecule has 96 valence electrons. The maximum Gasteiger partial charge on any atom is 0.294 e. The number of fused-ring (bicyclic) bond motifs is 1. The van der Waals surface area contributed by atoms with Gasteiger partial charge < -0.3 is 9.51 Å². The maximum atomic E-state index is 5.26. The Bertz CT molecular complexity index is 832. The molecule has 0 fully saturated rings. The fourth-order valence-corrected chi connectivity index (χ4v) is 1.99. The van der Waals surface area contributed by atoms with Gasteiger partial charge in [0.2, 0.25) is 5.82 Å². The molecular weight excluding hydrogens is 254 g/mol. The van der Waals surface area contributed by atoms with Crippen molar-refractivity contribution in [2.24, 2.45) is 0 Å². The van der Waals surface area contributed by atoms with E-state index in [1.165, 1.54) is 0 Å². The van der Waals surface area contributed by atoms with Crippen LogP contribution in [0.25, 0.3) is 34.1 Å². The highest BCUT2D eigenvalue weighted by molar-refractivity contribution is 5.78. The number of aromatic amines is 1. The lowest BCUT2D eigenvalue weighted by molar-refractivity contribution is 0.430. The summed E-state index contributed by atoms with van der Waals surface area (Å²) >= 11 is 0. The highest BCUT2D eigenvalue weighted by Gasteiger charge is 2.13. The molecule has 4 rings (SSSR count). The Kier molecular flexibility index (Phi) is 2.32. The van der Waals surface area contributed by atoms with Gasteiger partial charge in [-0.2, -0.15) is 4.98 Å². The number of para-hydroxylation sites is 2. The average Bonchev–Trinajstić information content (AvgIpc) is 3.14. The van der Waals surface area contributed by atoms with Crippen molar-refractivity contribution < 1.29 is 4.52 Å². The second-order valence-electron chi connectivity index (χ2n) is 4.26. The Labute approximate surface area is 113 Å². The SMILES string of the molecule is c1ccc2[nH]c(-c3nc(-c4ccncc4)no3)nc2c1. The second kappa shape index (κ2) is 4.27. The summed E-state index contributed by atoms with van der Waals surface area (Å²) in [5.41, 5.74) is 2.66. The van der Waals surface area contributed by atoms with Gasteiger partial charge >= 0.3 is 0 Å². The standard InChI is InChI=1S/C14H9N5O/c1-2-4-11-10(3-1)16-13(17-11)14-18-12(19-20-14)9-5-7-15-8-6-9/h1-8H,(H,16,17). The molecule has 1 aromatic carbocycles. The quantitative estimate of drug-likeness (QED) is 0.601. The first-order chi connectivity index (χ1) is 9.90. The normalized spacial score (nSPS) is 11.0. The van der Waals surface area contributed by atoms with E-state index in [1.54, 1.807) is 12.4 Å². The summed E-state index contributed by atoms with van der Waals surface area (Å²) in [6.07, 6.45) is 3.37. The molecule has 1 N–H and O–H groups in total. The van der Waals surface area contributed by atoms with E-state index < -0.39 is 0 Å². The molecule has 0 bridgehead atoms. The van der Waals surface area contributed by atoms with Gasteiger partial charge in [-0.15, -0.1) is 0 Å². The first-order valence-corrected chi connectivity index (χ1v) is 6.09. The summed E-state index contributed by atoms with van der Waals surface area (Å²) in [5.74, 6) is 1.45. The van der Waals surface area contributed by atoms with Crippen LogP contribution in [-0.2, 0) is 0 Å². The van der Waals surface area contributed by atoms with Crippen molar-refractivity contribution in [3.8, 4) is 23.1 Å². The van der Waals surface area contributed by atoms with Crippen molar-refractivity contribution in [1.29, 1.82) is 0 Å². The summed E-state index contributed by atoms with van der Waals surface area (Å²) < 4.78 is 5.26. The van der Waals surface area contributed by atoms with Gasteiger partial charge in [-0.3, -0.25) is 4.98 Å². The molecule has 4 aromatic rings. The van der Waals surface area contributed by atoms with E-state index in [0.29, 0.717) is 17.5 Å². The van der Waals surface area contributed by atoms with E-state index in [9.17, 15) is 0 Å². The van der Waals surface area contributed by atoms with Gasteiger partial charge in [0.05, 0.1) is 11.0 Å². The third kappa shape index (κ3) is 1.74. The van der Waals surface area contributed by atoms with E-state index in [2.05, 4.69) is 25.1 Å². The number of nitrogens with zero attached hydrogens (tertiary/aromatic N) is 4. The topological polar surface area (TPSA) is 80.5 Å². The molecule has 0 saturated heterocycles. The Balaban J connectivity index is 1.78. The molecule has 6 nitrogen and oxygen atoms in total. The van der Waals surface area contributed by atoms with E-state index in [0.717, 1.165) is 16.6 Å². The van der Waals surface area contributed by atoms with Crippen LogP contribution in [0.5, 0.6) is 0 Å². The molecule has 3 heterocycles. The van der Waals surface area contributed by atoms with Gasteiger partial charge in [0.15, 0.2) is 5.82 Å². The number of hydrogen-bond acceptors (Lipinski definition) is 5. The van der Waals surface area contributed by atoms with Crippen LogP contribution in [0, 0.1) is 0 Å². The molecular formula is C14H9N5O. The van der Waals surface area contributed by atoms with Crippen molar-refractivity contribution in [1.82, 2.24) is 25.1 Å². The van der Waals surface area contributed by atoms with Gasteiger partial charge in [0, 0.05) is 18.0 Å². The highest BCUT2D eigenvalue weighted by atomic mass is 16.5. The number of aromatic nitrogens is 5. The molecule has 0 aliphatic rings. The maximum absolute atomic E-state index is 5.26. The van der Waals surface area contributed by atoms with Crippen LogP contribution in [0.2, 0.25) is 0 Å². The smallest absolute Gasteiger partial charge is 0.294 e. The first-order valence-electron chi connectivity index (χ1n) is 6.09. The zero-order chi connectivity index (χ0) is 13.4. The third-order valence-corrected chi connectivity index (χ3v) is 2.96. The van der Waals surface area contributed by atoms with Crippen molar-refractivity contribution in [3.63, 3.8) is 0 Å². The number of H-pyrrole nitrogens is 1. The van der Waals surface area contributed by atoms with Crippen LogP contribution in [0.3, 0.4) is 0 Å². The fraction of sp³-hybridized carbons (Fsp3) is 0. The minimum absolute atomic E-state index is 0.369. The molecule has 0 unspecified atom stereocenters. The molecule has 3 aromatic heterocycles. The van der Waals surface area contributed by atoms with Gasteiger partial charge in [-0.1, -0.05) is 17.3 Å². The monoisotopic (exact) mass is 263 g/mol. The third-order valence-electron chi connectivity index (χ3n) is 2.96. The minimum Gasteiger partial charge on any atom is -0.334 e. The highest BCUT2D eigenvalue weighted by Crippen LogP contribution is 2.21. The minimum atomic E-state index is 0.369. The van der Waals surface area contributed by atoms with Crippen molar-refractivity contribution in [2.45, 2.75) is 0 Å². The lowest BCUT2D eigenvalue weighted by Crippen LogP contribution is -1.82. The Hall–Kier alpha value is -3.02. The number of imidazole rings is 1. The second-order valence-corrected chi connectivity index (χ2v) is 4.26. The van der Waals surface area contributed by atoms with Crippen LogP contribution in [0.15, 0.2) is 53.3 Å². The summed E-state index contributed by atoms with van der Waals surface area (Å²) in [7, 11) is 0. The summed E-state index contributed by atoms with van der Waals surface area (Å²) in [6, 6.07) is 11.4. The van der Waals surface area contributed by atoms with Gasteiger partial charge in [0.1, 0.15) is 0 Å². The molecule has 0 atom stereocenters. The summed E-state index contributed by atoms with van der Waals surface area (Å²) in [4.78, 5) is 15.9. The van der Waals surface area contributed by atoms with E-state index >= 15 is 0 Å². The van der Waals surface area contributed by atoms with Crippen LogP contribution in [0.4, 0.5) is 0 Å². The Morgan fingerprint density at radius 1 is 0.950 bits per heavy atom. The van der Waals surface area contributed by atoms with Crippen LogP contribution in [-0.4, -0.2) is 25.1 Å². The molecule has 20 heavy (non-hydrogen) atoms. The number of nitrogens with one attached hydrogen (secondary N) is 1. The molecule has 0 aliphatic heterocycles. The molecule has 0 aliphatic carbocycles. The average molecular weight is 263 g/mol. The predicted molar refractivity (Wildman–Crippen MR) is 72.6 cm³/mol. The molecule has 0 spiro atoms. The first kappa shape index (κ1) is 10.9. The zero-order valence-electron chi connectivity index (χ0n) is 10.3. The van der Waals surface area contributed by atoms with Gasteiger partial charge in [-0.25, -0.2) is 4.98 Å². The van der Waals surface area contributed by atoms with Crippen LogP contribution in [0.1, 0.15) is 0 Å². The Morgan fingerprint density at radius 2 is 1.80 bits per heavy atom. The summed E-state index contributed by atoms with van der Waals surface area (Å²) in [6.45, 7) is 0. The van der Waals surface area contributed by atoms with Crippen LogP contribution < -0.4 is 0 Å². The van der Waals surface area contributed by atoms with Gasteiger partial charge in [0.25, 0.3) is 5.89 Å². The van der Waals surface area contributed by atoms with E-state index in [-0.39, 0.29) is 0 Å². The van der Waals surface area contributed by atoms with Gasteiger partial charge in [-0.05, 0) is 24.3 Å². The number of rotatable bonds is 2. The molecule has 0 saturated carbocycles. The predicted octanol–water partition coefficient (Wildman–Crippen LogP) is 2.67. The lowest BCUT2D eigenvalue weighted by atomic mass is 10.2. The number of hydrogen-bond donors (Lipinski definition) is 1. The zero-order valence-corrected chi connectivity index (χ0v) is 10.3. The largest absolute Gasteiger partial charge is 0.334 e. The van der Waals surface area contributed by atoms with Crippen LogP contribution >= 0.6 is 0 Å². The van der Waals surface area contributed by atoms with E-state index in [1.807, 2.05) is 36.4 Å². The van der Waals surface area contributed by atoms with E-state index in [4.69, 9.17) is 4.52 Å². The lowest BCUT2D eigenvalue weighted by Gasteiger charge is -1.89. The number of benzene rings is 1. The molecule has 0 amide bonds. The van der Waals surface area contributed by atoms with Crippen molar-refractivity contribution in [3.05, 3.63) is 48.8 Å². The Morgan fingerprint density at radius 3 is 2.65 bits per heavy atom. The summed E-state index contributed by atoms with van der Waals surface area (Å²) in [5, 5.41) is 3.96. The molecule has 0 radical (unpaired) electrons. The number of pyridine rings is 1. The molecule has 6 heteroatoms.